The van der Waals surface area contributed by atoms with Crippen molar-refractivity contribution in [3.8, 4) is 11.5 Å². The van der Waals surface area contributed by atoms with Gasteiger partial charge in [-0.2, -0.15) is 0 Å². The number of hydrogen-bond donors (Lipinski definition) is 1. The summed E-state index contributed by atoms with van der Waals surface area (Å²) in [6.45, 7) is 3.22. The van der Waals surface area contributed by atoms with E-state index in [1.165, 1.54) is 6.42 Å². The number of ether oxygens (including phenoxy) is 2. The molecule has 136 valence electrons. The number of amides is 1. The Kier molecular flexibility index (Phi) is 4.65. The second-order valence-electron chi connectivity index (χ2n) is 6.71. The molecule has 1 aromatic heterocycles. The van der Waals surface area contributed by atoms with Gasteiger partial charge in [-0.1, -0.05) is 6.92 Å². The first-order chi connectivity index (χ1) is 12.7. The van der Waals surface area contributed by atoms with Crippen molar-refractivity contribution in [2.75, 3.05) is 18.7 Å². The first-order valence-electron chi connectivity index (χ1n) is 9.17. The molecule has 1 atom stereocenters. The Hall–Kier alpha value is -2.76. The number of anilines is 2. The number of pyridine rings is 1. The number of fused-ring (bicyclic) bond motifs is 1. The van der Waals surface area contributed by atoms with Crippen LogP contribution in [0, 0.1) is 0 Å². The molecule has 1 aromatic carbocycles. The van der Waals surface area contributed by atoms with Gasteiger partial charge < -0.3 is 19.7 Å². The number of nitrogens with zero attached hydrogens (tertiary/aromatic N) is 2. The number of aromatic nitrogens is 1. The van der Waals surface area contributed by atoms with Crippen molar-refractivity contribution in [3.05, 3.63) is 42.2 Å². The Morgan fingerprint density at radius 2 is 2.08 bits per heavy atom. The number of carbonyl (C=O) groups excluding carboxylic acids is 1. The molecule has 1 saturated heterocycles. The number of likely N-dealkylation sites (tertiary alicyclic amines) is 1. The van der Waals surface area contributed by atoms with Crippen LogP contribution in [0.1, 0.15) is 43.0 Å². The zero-order chi connectivity index (χ0) is 17.9. The van der Waals surface area contributed by atoms with Crippen LogP contribution in [-0.4, -0.2) is 35.2 Å². The Bertz CT molecular complexity index is 809. The van der Waals surface area contributed by atoms with Crippen LogP contribution in [0.15, 0.2) is 36.7 Å². The lowest BCUT2D eigenvalue weighted by atomic mass is 9.99. The largest absolute Gasteiger partial charge is 0.454 e. The maximum Gasteiger partial charge on any atom is 0.255 e. The molecule has 2 aliphatic heterocycles. The van der Waals surface area contributed by atoms with Crippen LogP contribution in [-0.2, 0) is 0 Å². The number of rotatable bonds is 4. The lowest BCUT2D eigenvalue weighted by Crippen LogP contribution is -2.43. The van der Waals surface area contributed by atoms with E-state index >= 15 is 0 Å². The van der Waals surface area contributed by atoms with Gasteiger partial charge in [0.1, 0.15) is 0 Å². The maximum atomic E-state index is 12.9. The molecule has 1 N–H and O–H groups in total. The number of nitrogens with one attached hydrogen (secondary N) is 1. The summed E-state index contributed by atoms with van der Waals surface area (Å²) in [5, 5.41) is 3.29. The second kappa shape index (κ2) is 7.23. The molecule has 6 heteroatoms. The van der Waals surface area contributed by atoms with Gasteiger partial charge in [-0.05, 0) is 43.9 Å². The van der Waals surface area contributed by atoms with E-state index in [1.54, 1.807) is 12.4 Å². The van der Waals surface area contributed by atoms with Crippen molar-refractivity contribution in [3.63, 3.8) is 0 Å². The smallest absolute Gasteiger partial charge is 0.255 e. The Labute approximate surface area is 153 Å². The second-order valence-corrected chi connectivity index (χ2v) is 6.71. The van der Waals surface area contributed by atoms with Crippen molar-refractivity contribution >= 4 is 17.3 Å². The normalized spacial score (nSPS) is 18.7. The van der Waals surface area contributed by atoms with Crippen molar-refractivity contribution in [2.45, 2.75) is 38.6 Å². The highest BCUT2D eigenvalue weighted by Gasteiger charge is 2.26. The summed E-state index contributed by atoms with van der Waals surface area (Å²) in [4.78, 5) is 19.2. The fourth-order valence-corrected chi connectivity index (χ4v) is 3.62. The SMILES string of the molecule is CCC1CCCCN1C(=O)c1cncc(Nc2ccc3c(c2)OCO3)c1. The zero-order valence-electron chi connectivity index (χ0n) is 14.9. The third kappa shape index (κ3) is 3.31. The van der Waals surface area contributed by atoms with E-state index in [2.05, 4.69) is 17.2 Å². The van der Waals surface area contributed by atoms with Gasteiger partial charge in [0, 0.05) is 30.5 Å². The quantitative estimate of drug-likeness (QED) is 0.901. The van der Waals surface area contributed by atoms with Crippen molar-refractivity contribution in [1.82, 2.24) is 9.88 Å². The van der Waals surface area contributed by atoms with Gasteiger partial charge in [0.15, 0.2) is 11.5 Å². The highest BCUT2D eigenvalue weighted by atomic mass is 16.7. The molecule has 2 aromatic rings. The molecule has 0 bridgehead atoms. The highest BCUT2D eigenvalue weighted by molar-refractivity contribution is 5.95. The summed E-state index contributed by atoms with van der Waals surface area (Å²) >= 11 is 0. The van der Waals surface area contributed by atoms with Crippen LogP contribution in [0.5, 0.6) is 11.5 Å². The van der Waals surface area contributed by atoms with Gasteiger partial charge in [-0.25, -0.2) is 0 Å². The van der Waals surface area contributed by atoms with E-state index in [-0.39, 0.29) is 12.7 Å². The van der Waals surface area contributed by atoms with Gasteiger partial charge in [0.2, 0.25) is 6.79 Å². The van der Waals surface area contributed by atoms with Gasteiger partial charge in [0.25, 0.3) is 5.91 Å². The van der Waals surface area contributed by atoms with Crippen molar-refractivity contribution < 1.29 is 14.3 Å². The Morgan fingerprint density at radius 3 is 2.96 bits per heavy atom. The third-order valence-electron chi connectivity index (χ3n) is 5.01. The van der Waals surface area contributed by atoms with E-state index in [0.29, 0.717) is 17.4 Å². The molecule has 1 unspecified atom stereocenters. The van der Waals surface area contributed by atoms with Gasteiger partial charge in [-0.3, -0.25) is 9.78 Å². The Balaban J connectivity index is 1.52. The van der Waals surface area contributed by atoms with E-state index in [4.69, 9.17) is 9.47 Å². The lowest BCUT2D eigenvalue weighted by Gasteiger charge is -2.35. The van der Waals surface area contributed by atoms with Crippen molar-refractivity contribution in [2.24, 2.45) is 0 Å². The topological polar surface area (TPSA) is 63.7 Å². The molecule has 0 spiro atoms. The van der Waals surface area contributed by atoms with E-state index in [1.807, 2.05) is 29.2 Å². The van der Waals surface area contributed by atoms with Gasteiger partial charge in [-0.15, -0.1) is 0 Å². The molecular formula is C20H23N3O3. The fourth-order valence-electron chi connectivity index (χ4n) is 3.62. The molecule has 4 rings (SSSR count). The molecule has 2 aliphatic rings. The minimum Gasteiger partial charge on any atom is -0.454 e. The van der Waals surface area contributed by atoms with Crippen LogP contribution >= 0.6 is 0 Å². The minimum absolute atomic E-state index is 0.0680. The summed E-state index contributed by atoms with van der Waals surface area (Å²) in [6.07, 6.45) is 7.72. The number of carbonyl (C=O) groups is 1. The predicted octanol–water partition coefficient (Wildman–Crippen LogP) is 3.96. The maximum absolute atomic E-state index is 12.9. The molecule has 0 radical (unpaired) electrons. The first kappa shape index (κ1) is 16.7. The summed E-state index contributed by atoms with van der Waals surface area (Å²) < 4.78 is 10.7. The zero-order valence-corrected chi connectivity index (χ0v) is 14.9. The Morgan fingerprint density at radius 1 is 1.19 bits per heavy atom. The predicted molar refractivity (Wildman–Crippen MR) is 99.1 cm³/mol. The molecule has 3 heterocycles. The third-order valence-corrected chi connectivity index (χ3v) is 5.01. The van der Waals surface area contributed by atoms with Crippen LogP contribution in [0.3, 0.4) is 0 Å². The van der Waals surface area contributed by atoms with E-state index < -0.39 is 0 Å². The molecule has 0 aliphatic carbocycles. The van der Waals surface area contributed by atoms with Crippen LogP contribution in [0.2, 0.25) is 0 Å². The van der Waals surface area contributed by atoms with Gasteiger partial charge >= 0.3 is 0 Å². The molecule has 1 fully saturated rings. The average Bonchev–Trinajstić information content (AvgIpc) is 3.15. The molecule has 0 saturated carbocycles. The minimum atomic E-state index is 0.0680. The van der Waals surface area contributed by atoms with Crippen molar-refractivity contribution in [1.29, 1.82) is 0 Å². The van der Waals surface area contributed by atoms with Crippen LogP contribution < -0.4 is 14.8 Å². The number of hydrogen-bond acceptors (Lipinski definition) is 5. The molecule has 1 amide bonds. The highest BCUT2D eigenvalue weighted by Crippen LogP contribution is 2.35. The molecular weight excluding hydrogens is 330 g/mol. The van der Waals surface area contributed by atoms with E-state index in [9.17, 15) is 4.79 Å². The van der Waals surface area contributed by atoms with Crippen LogP contribution in [0.4, 0.5) is 11.4 Å². The standard InChI is InChI=1S/C20H23N3O3/c1-2-17-5-3-4-8-23(17)20(24)14-9-16(12-21-11-14)22-15-6-7-18-19(10-15)26-13-25-18/h6-7,9-12,17,22H,2-5,8,13H2,1H3. The number of benzene rings is 1. The molecule has 26 heavy (non-hydrogen) atoms. The lowest BCUT2D eigenvalue weighted by molar-refractivity contribution is 0.0607. The number of piperidine rings is 1. The first-order valence-corrected chi connectivity index (χ1v) is 9.17. The summed E-state index contributed by atoms with van der Waals surface area (Å²) in [5.74, 6) is 1.53. The summed E-state index contributed by atoms with van der Waals surface area (Å²) in [5.41, 5.74) is 2.26. The average molecular weight is 353 g/mol. The summed E-state index contributed by atoms with van der Waals surface area (Å²) in [6, 6.07) is 7.86. The monoisotopic (exact) mass is 353 g/mol. The fraction of sp³-hybridized carbons (Fsp3) is 0.400. The van der Waals surface area contributed by atoms with Crippen LogP contribution in [0.25, 0.3) is 0 Å². The van der Waals surface area contributed by atoms with E-state index in [0.717, 1.165) is 42.9 Å². The molecule has 6 nitrogen and oxygen atoms in total. The van der Waals surface area contributed by atoms with Gasteiger partial charge in [0.05, 0.1) is 17.4 Å². The summed E-state index contributed by atoms with van der Waals surface area (Å²) in [7, 11) is 0.